The zero-order chi connectivity index (χ0) is 14.9. The zero-order valence-corrected chi connectivity index (χ0v) is 10.8. The number of nitrogens with zero attached hydrogens (tertiary/aromatic N) is 3. The molecule has 8 heteroatoms. The summed E-state index contributed by atoms with van der Waals surface area (Å²) in [5.74, 6) is -0.941. The molecule has 0 spiro atoms. The molecule has 0 radical (unpaired) electrons. The van der Waals surface area contributed by atoms with E-state index in [2.05, 4.69) is 9.97 Å². The molecule has 2 aromatic rings. The van der Waals surface area contributed by atoms with Crippen molar-refractivity contribution in [3.8, 4) is 11.6 Å². The van der Waals surface area contributed by atoms with Crippen LogP contribution >= 0.6 is 0 Å². The van der Waals surface area contributed by atoms with E-state index in [1.807, 2.05) is 0 Å². The number of nitrogen functional groups attached to an aromatic ring is 1. The fraction of sp³-hybridized carbons (Fsp3) is 0.167. The molecule has 0 unspecified atom stereocenters. The summed E-state index contributed by atoms with van der Waals surface area (Å²) in [5.41, 5.74) is 5.99. The van der Waals surface area contributed by atoms with Gasteiger partial charge in [-0.15, -0.1) is 0 Å². The Hall–Kier alpha value is -2.77. The van der Waals surface area contributed by atoms with Gasteiger partial charge in [-0.1, -0.05) is 0 Å². The van der Waals surface area contributed by atoms with E-state index in [9.17, 15) is 14.5 Å². The highest BCUT2D eigenvalue weighted by molar-refractivity contribution is 5.46. The molecule has 1 heterocycles. The first-order valence-corrected chi connectivity index (χ1v) is 5.60. The molecule has 0 aliphatic carbocycles. The normalized spacial score (nSPS) is 10.3. The molecule has 104 valence electrons. The summed E-state index contributed by atoms with van der Waals surface area (Å²) >= 11 is 0. The smallest absolute Gasteiger partial charge is 0.275 e. The molecule has 0 aliphatic heterocycles. The molecule has 0 fully saturated rings. The van der Waals surface area contributed by atoms with Crippen molar-refractivity contribution in [2.24, 2.45) is 0 Å². The molecule has 0 saturated carbocycles. The number of aryl methyl sites for hydroxylation is 2. The Morgan fingerprint density at radius 2 is 2.00 bits per heavy atom. The average molecular weight is 278 g/mol. The monoisotopic (exact) mass is 278 g/mol. The number of aromatic nitrogens is 2. The number of anilines is 1. The zero-order valence-electron chi connectivity index (χ0n) is 10.8. The topological polar surface area (TPSA) is 104 Å². The summed E-state index contributed by atoms with van der Waals surface area (Å²) in [6, 6.07) is 3.52. The number of nitro benzene ring substituents is 1. The first kappa shape index (κ1) is 13.7. The molecule has 0 saturated heterocycles. The number of halogens is 1. The van der Waals surface area contributed by atoms with Gasteiger partial charge in [0.2, 0.25) is 11.8 Å². The standard InChI is InChI=1S/C12H11FN4O3/c1-6-3-10(8(13)5-9(6)17(18)19)20-11-4-7(2)15-12(14)16-11/h3-5H,1-2H3,(H2,14,15,16). The van der Waals surface area contributed by atoms with Crippen LogP contribution in [0.1, 0.15) is 11.3 Å². The highest BCUT2D eigenvalue weighted by Gasteiger charge is 2.17. The Kier molecular flexibility index (Phi) is 3.47. The summed E-state index contributed by atoms with van der Waals surface area (Å²) in [4.78, 5) is 17.7. The summed E-state index contributed by atoms with van der Waals surface area (Å²) in [7, 11) is 0. The minimum absolute atomic E-state index is 0.000887. The second kappa shape index (κ2) is 5.08. The lowest BCUT2D eigenvalue weighted by molar-refractivity contribution is -0.385. The van der Waals surface area contributed by atoms with E-state index in [1.54, 1.807) is 6.92 Å². The minimum Gasteiger partial charge on any atom is -0.436 e. The van der Waals surface area contributed by atoms with Crippen molar-refractivity contribution < 1.29 is 14.1 Å². The van der Waals surface area contributed by atoms with E-state index in [0.717, 1.165) is 6.07 Å². The van der Waals surface area contributed by atoms with E-state index in [1.165, 1.54) is 19.1 Å². The number of hydrogen-bond donors (Lipinski definition) is 1. The van der Waals surface area contributed by atoms with E-state index in [-0.39, 0.29) is 28.8 Å². The molecule has 7 nitrogen and oxygen atoms in total. The van der Waals surface area contributed by atoms with Gasteiger partial charge in [0.15, 0.2) is 11.6 Å². The lowest BCUT2D eigenvalue weighted by Crippen LogP contribution is -2.00. The van der Waals surface area contributed by atoms with Crippen molar-refractivity contribution >= 4 is 11.6 Å². The summed E-state index contributed by atoms with van der Waals surface area (Å²) < 4.78 is 19.0. The summed E-state index contributed by atoms with van der Waals surface area (Å²) in [6.45, 7) is 3.17. The fourth-order valence-electron chi connectivity index (χ4n) is 1.65. The molecule has 0 amide bonds. The predicted octanol–water partition coefficient (Wildman–Crippen LogP) is 2.52. The minimum atomic E-state index is -0.850. The maximum atomic E-state index is 13.8. The van der Waals surface area contributed by atoms with Gasteiger partial charge in [-0.2, -0.15) is 4.98 Å². The first-order valence-electron chi connectivity index (χ1n) is 5.60. The third kappa shape index (κ3) is 2.79. The number of rotatable bonds is 3. The van der Waals surface area contributed by atoms with Crippen molar-refractivity contribution in [3.05, 3.63) is 45.4 Å². The predicted molar refractivity (Wildman–Crippen MR) is 69.0 cm³/mol. The van der Waals surface area contributed by atoms with Gasteiger partial charge in [0.25, 0.3) is 5.69 Å². The Morgan fingerprint density at radius 3 is 2.60 bits per heavy atom. The molecule has 1 aromatic carbocycles. The van der Waals surface area contributed by atoms with Gasteiger partial charge >= 0.3 is 0 Å². The van der Waals surface area contributed by atoms with Crippen molar-refractivity contribution in [1.82, 2.24) is 9.97 Å². The lowest BCUT2D eigenvalue weighted by Gasteiger charge is -2.08. The van der Waals surface area contributed by atoms with Crippen LogP contribution in [-0.4, -0.2) is 14.9 Å². The van der Waals surface area contributed by atoms with Crippen LogP contribution in [0.5, 0.6) is 11.6 Å². The second-order valence-corrected chi connectivity index (χ2v) is 4.13. The number of ether oxygens (including phenoxy) is 1. The highest BCUT2D eigenvalue weighted by Crippen LogP contribution is 2.30. The van der Waals surface area contributed by atoms with E-state index in [0.29, 0.717) is 5.69 Å². The second-order valence-electron chi connectivity index (χ2n) is 4.13. The molecule has 1 aromatic heterocycles. The first-order chi connectivity index (χ1) is 9.36. The van der Waals surface area contributed by atoms with Crippen LogP contribution in [-0.2, 0) is 0 Å². The summed E-state index contributed by atoms with van der Waals surface area (Å²) in [5, 5.41) is 10.7. The van der Waals surface area contributed by atoms with Crippen LogP contribution in [0.2, 0.25) is 0 Å². The molecule has 20 heavy (non-hydrogen) atoms. The third-order valence-electron chi connectivity index (χ3n) is 2.51. The van der Waals surface area contributed by atoms with Crippen LogP contribution in [0.25, 0.3) is 0 Å². The van der Waals surface area contributed by atoms with Crippen molar-refractivity contribution in [2.45, 2.75) is 13.8 Å². The molecule has 0 aliphatic rings. The largest absolute Gasteiger partial charge is 0.436 e. The van der Waals surface area contributed by atoms with Gasteiger partial charge < -0.3 is 10.5 Å². The molecule has 2 N–H and O–H groups in total. The van der Waals surface area contributed by atoms with Crippen molar-refractivity contribution in [2.75, 3.05) is 5.73 Å². The molecular weight excluding hydrogens is 267 g/mol. The van der Waals surface area contributed by atoms with Gasteiger partial charge in [-0.25, -0.2) is 9.37 Å². The van der Waals surface area contributed by atoms with Gasteiger partial charge in [0, 0.05) is 17.3 Å². The average Bonchev–Trinajstić information content (AvgIpc) is 2.31. The number of nitro groups is 1. The van der Waals surface area contributed by atoms with Crippen molar-refractivity contribution in [3.63, 3.8) is 0 Å². The Balaban J connectivity index is 2.39. The molecule has 2 rings (SSSR count). The molecule has 0 atom stereocenters. The van der Waals surface area contributed by atoms with Crippen molar-refractivity contribution in [1.29, 1.82) is 0 Å². The quantitative estimate of drug-likeness (QED) is 0.683. The Labute approximate surface area is 113 Å². The van der Waals surface area contributed by atoms with E-state index < -0.39 is 10.7 Å². The van der Waals surface area contributed by atoms with Crippen LogP contribution in [0.4, 0.5) is 16.0 Å². The lowest BCUT2D eigenvalue weighted by atomic mass is 10.2. The maximum Gasteiger partial charge on any atom is 0.275 e. The maximum absolute atomic E-state index is 13.8. The van der Waals surface area contributed by atoms with E-state index in [4.69, 9.17) is 10.5 Å². The fourth-order valence-corrected chi connectivity index (χ4v) is 1.65. The number of benzene rings is 1. The Morgan fingerprint density at radius 1 is 1.30 bits per heavy atom. The van der Waals surface area contributed by atoms with Crippen LogP contribution in [0.15, 0.2) is 18.2 Å². The number of nitrogens with two attached hydrogens (primary N) is 1. The van der Waals surface area contributed by atoms with Crippen LogP contribution in [0.3, 0.4) is 0 Å². The summed E-state index contributed by atoms with van der Waals surface area (Å²) in [6.07, 6.45) is 0. The Bertz CT molecular complexity index is 670. The van der Waals surface area contributed by atoms with Gasteiger partial charge in [-0.3, -0.25) is 10.1 Å². The number of hydrogen-bond acceptors (Lipinski definition) is 6. The van der Waals surface area contributed by atoms with Gasteiger partial charge in [-0.05, 0) is 19.9 Å². The third-order valence-corrected chi connectivity index (χ3v) is 2.51. The SMILES string of the molecule is Cc1cc(Oc2cc(C)c([N+](=O)[O-])cc2F)nc(N)n1. The van der Waals surface area contributed by atoms with Crippen LogP contribution < -0.4 is 10.5 Å². The molecule has 0 bridgehead atoms. The highest BCUT2D eigenvalue weighted by atomic mass is 19.1. The van der Waals surface area contributed by atoms with E-state index >= 15 is 0 Å². The van der Waals surface area contributed by atoms with Gasteiger partial charge in [0.05, 0.1) is 11.0 Å². The van der Waals surface area contributed by atoms with Crippen LogP contribution in [0, 0.1) is 29.8 Å². The van der Waals surface area contributed by atoms with Gasteiger partial charge in [0.1, 0.15) is 0 Å². The molecular formula is C12H11FN4O3.